The summed E-state index contributed by atoms with van der Waals surface area (Å²) in [5, 5.41) is 3.86. The molecule has 0 spiro atoms. The highest BCUT2D eigenvalue weighted by Gasteiger charge is 2.26. The fraction of sp³-hybridized carbons (Fsp3) is 0.583. The van der Waals surface area contributed by atoms with Crippen molar-refractivity contribution in [2.24, 2.45) is 5.92 Å². The van der Waals surface area contributed by atoms with E-state index in [9.17, 15) is 4.79 Å². The van der Waals surface area contributed by atoms with E-state index in [0.717, 1.165) is 0 Å². The Labute approximate surface area is 102 Å². The van der Waals surface area contributed by atoms with E-state index in [1.807, 2.05) is 33.0 Å². The molecule has 5 heteroatoms. The van der Waals surface area contributed by atoms with E-state index >= 15 is 0 Å². The van der Waals surface area contributed by atoms with Crippen LogP contribution in [-0.4, -0.2) is 31.2 Å². The summed E-state index contributed by atoms with van der Waals surface area (Å²) in [7, 11) is 0. The number of rotatable bonds is 2. The van der Waals surface area contributed by atoms with Crippen LogP contribution in [0.25, 0.3) is 0 Å². The molecule has 0 N–H and O–H groups in total. The molecule has 0 aliphatic heterocycles. The van der Waals surface area contributed by atoms with E-state index in [2.05, 4.69) is 23.9 Å². The van der Waals surface area contributed by atoms with Crippen LogP contribution in [0.2, 0.25) is 0 Å². The molecule has 0 aliphatic carbocycles. The first-order chi connectivity index (χ1) is 7.82. The minimum absolute atomic E-state index is 0.202. The summed E-state index contributed by atoms with van der Waals surface area (Å²) in [4.78, 5) is 17.6. The van der Waals surface area contributed by atoms with E-state index < -0.39 is 0 Å². The summed E-state index contributed by atoms with van der Waals surface area (Å²) in [5.74, 6) is 0.392. The molecule has 0 aliphatic rings. The third-order valence-electron chi connectivity index (χ3n) is 2.16. The Morgan fingerprint density at radius 2 is 2.06 bits per heavy atom. The third-order valence-corrected chi connectivity index (χ3v) is 2.16. The summed E-state index contributed by atoms with van der Waals surface area (Å²) in [6, 6.07) is -0.202. The predicted octanol–water partition coefficient (Wildman–Crippen LogP) is 2.52. The Bertz CT molecular complexity index is 387. The lowest BCUT2D eigenvalue weighted by molar-refractivity contribution is 0.177. The lowest BCUT2D eigenvalue weighted by atomic mass is 10.1. The zero-order valence-electron chi connectivity index (χ0n) is 11.1. The first-order valence-corrected chi connectivity index (χ1v) is 5.69. The van der Waals surface area contributed by atoms with Gasteiger partial charge in [0.05, 0.1) is 0 Å². The zero-order valence-corrected chi connectivity index (χ0v) is 11.1. The van der Waals surface area contributed by atoms with Crippen molar-refractivity contribution in [2.45, 2.75) is 40.2 Å². The SMILES string of the molecule is CC(C)C=CN(C(=O)n1cncn1)C(C)(C)C. The van der Waals surface area contributed by atoms with Crippen LogP contribution in [0.5, 0.6) is 0 Å². The summed E-state index contributed by atoms with van der Waals surface area (Å²) in [6.45, 7) is 10.1. The van der Waals surface area contributed by atoms with Gasteiger partial charge in [-0.25, -0.2) is 9.78 Å². The monoisotopic (exact) mass is 236 g/mol. The molecule has 1 aromatic heterocycles. The second-order valence-electron chi connectivity index (χ2n) is 5.25. The highest BCUT2D eigenvalue weighted by atomic mass is 16.2. The predicted molar refractivity (Wildman–Crippen MR) is 66.4 cm³/mol. The fourth-order valence-corrected chi connectivity index (χ4v) is 1.25. The molecule has 0 fully saturated rings. The van der Waals surface area contributed by atoms with Crippen molar-refractivity contribution in [1.29, 1.82) is 0 Å². The molecule has 0 bridgehead atoms. The topological polar surface area (TPSA) is 51.0 Å². The standard InChI is InChI=1S/C12H20N4O/c1-10(2)6-7-15(12(3,4)5)11(17)16-9-13-8-14-16/h6-10H,1-5H3. The third kappa shape index (κ3) is 3.69. The first kappa shape index (κ1) is 13.4. The maximum absolute atomic E-state index is 12.2. The van der Waals surface area contributed by atoms with E-state index in [1.165, 1.54) is 17.3 Å². The van der Waals surface area contributed by atoms with Gasteiger partial charge in [-0.15, -0.1) is 0 Å². The number of allylic oxidation sites excluding steroid dienone is 1. The normalized spacial score (nSPS) is 12.4. The maximum atomic E-state index is 12.2. The number of hydrogen-bond acceptors (Lipinski definition) is 3. The Balaban J connectivity index is 2.96. The van der Waals surface area contributed by atoms with Gasteiger partial charge in [0, 0.05) is 11.7 Å². The zero-order chi connectivity index (χ0) is 13.1. The van der Waals surface area contributed by atoms with Gasteiger partial charge in [-0.2, -0.15) is 9.78 Å². The molecule has 0 unspecified atom stereocenters. The Kier molecular flexibility index (Phi) is 4.04. The van der Waals surface area contributed by atoms with Crippen molar-refractivity contribution < 1.29 is 4.79 Å². The van der Waals surface area contributed by atoms with Crippen LogP contribution >= 0.6 is 0 Å². The minimum Gasteiger partial charge on any atom is -0.294 e. The van der Waals surface area contributed by atoms with Gasteiger partial charge in [0.15, 0.2) is 0 Å². The Morgan fingerprint density at radius 3 is 2.47 bits per heavy atom. The smallest absolute Gasteiger partial charge is 0.294 e. The average molecular weight is 236 g/mol. The number of nitrogens with zero attached hydrogens (tertiary/aromatic N) is 4. The van der Waals surface area contributed by atoms with Crippen molar-refractivity contribution in [3.05, 3.63) is 24.9 Å². The number of hydrogen-bond donors (Lipinski definition) is 0. The maximum Gasteiger partial charge on any atom is 0.350 e. The second-order valence-corrected chi connectivity index (χ2v) is 5.25. The van der Waals surface area contributed by atoms with Crippen LogP contribution in [0.15, 0.2) is 24.9 Å². The second kappa shape index (κ2) is 5.12. The number of carbonyl (C=O) groups is 1. The number of carbonyl (C=O) groups excluding carboxylic acids is 1. The van der Waals surface area contributed by atoms with E-state index in [1.54, 1.807) is 4.90 Å². The highest BCUT2D eigenvalue weighted by molar-refractivity contribution is 5.77. The molecule has 94 valence electrons. The van der Waals surface area contributed by atoms with Crippen LogP contribution in [0.4, 0.5) is 4.79 Å². The first-order valence-electron chi connectivity index (χ1n) is 5.69. The van der Waals surface area contributed by atoms with Gasteiger partial charge < -0.3 is 0 Å². The van der Waals surface area contributed by atoms with Gasteiger partial charge >= 0.3 is 6.03 Å². The summed E-state index contributed by atoms with van der Waals surface area (Å²) >= 11 is 0. The van der Waals surface area contributed by atoms with Crippen molar-refractivity contribution in [3.8, 4) is 0 Å². The molecule has 0 radical (unpaired) electrons. The molecule has 1 aromatic rings. The van der Waals surface area contributed by atoms with Crippen LogP contribution < -0.4 is 0 Å². The van der Waals surface area contributed by atoms with Gasteiger partial charge in [0.2, 0.25) is 0 Å². The number of amides is 1. The van der Waals surface area contributed by atoms with Gasteiger partial charge in [0.1, 0.15) is 12.7 Å². The summed E-state index contributed by atoms with van der Waals surface area (Å²) in [6.07, 6.45) is 6.56. The van der Waals surface area contributed by atoms with E-state index in [-0.39, 0.29) is 11.6 Å². The van der Waals surface area contributed by atoms with Crippen molar-refractivity contribution in [2.75, 3.05) is 0 Å². The highest BCUT2D eigenvalue weighted by Crippen LogP contribution is 2.16. The molecule has 1 rings (SSSR count). The van der Waals surface area contributed by atoms with Gasteiger partial charge in [0.25, 0.3) is 0 Å². The summed E-state index contributed by atoms with van der Waals surface area (Å²) in [5.41, 5.74) is -0.297. The molecule has 1 amide bonds. The fourth-order valence-electron chi connectivity index (χ4n) is 1.25. The van der Waals surface area contributed by atoms with Crippen LogP contribution in [0.3, 0.4) is 0 Å². The molecular weight excluding hydrogens is 216 g/mol. The van der Waals surface area contributed by atoms with Crippen LogP contribution in [0.1, 0.15) is 34.6 Å². The molecule has 0 aromatic carbocycles. The quantitative estimate of drug-likeness (QED) is 0.792. The Morgan fingerprint density at radius 1 is 1.41 bits per heavy atom. The number of aromatic nitrogens is 3. The molecule has 0 atom stereocenters. The van der Waals surface area contributed by atoms with Crippen LogP contribution in [0, 0.1) is 5.92 Å². The molecule has 0 saturated heterocycles. The Hall–Kier alpha value is -1.65. The molecule has 1 heterocycles. The van der Waals surface area contributed by atoms with Gasteiger partial charge in [-0.3, -0.25) is 4.90 Å². The van der Waals surface area contributed by atoms with Crippen LogP contribution in [-0.2, 0) is 0 Å². The molecule has 0 saturated carbocycles. The summed E-state index contributed by atoms with van der Waals surface area (Å²) < 4.78 is 1.23. The van der Waals surface area contributed by atoms with Crippen molar-refractivity contribution in [3.63, 3.8) is 0 Å². The lowest BCUT2D eigenvalue weighted by Gasteiger charge is -2.32. The molecule has 17 heavy (non-hydrogen) atoms. The lowest BCUT2D eigenvalue weighted by Crippen LogP contribution is -2.44. The van der Waals surface area contributed by atoms with Gasteiger partial charge in [-0.05, 0) is 26.7 Å². The molecule has 5 nitrogen and oxygen atoms in total. The molecular formula is C12H20N4O. The van der Waals surface area contributed by atoms with Gasteiger partial charge in [-0.1, -0.05) is 19.9 Å². The van der Waals surface area contributed by atoms with E-state index in [0.29, 0.717) is 5.92 Å². The largest absolute Gasteiger partial charge is 0.350 e. The minimum atomic E-state index is -0.297. The van der Waals surface area contributed by atoms with Crippen molar-refractivity contribution in [1.82, 2.24) is 19.7 Å². The average Bonchev–Trinajstić information content (AvgIpc) is 2.67. The van der Waals surface area contributed by atoms with E-state index in [4.69, 9.17) is 0 Å². The van der Waals surface area contributed by atoms with Crippen molar-refractivity contribution >= 4 is 6.03 Å².